The Balaban J connectivity index is 1.76. The SMILES string of the molecule is N#Cc1c(N2CCN(CCO)CC2)nc(-c2ccccc2)c2c1CCCC2. The van der Waals surface area contributed by atoms with E-state index in [1.54, 1.807) is 0 Å². The Morgan fingerprint density at radius 1 is 1.00 bits per heavy atom. The molecule has 2 aliphatic rings. The van der Waals surface area contributed by atoms with Crippen LogP contribution in [0.15, 0.2) is 30.3 Å². The van der Waals surface area contributed by atoms with Crippen molar-refractivity contribution in [3.63, 3.8) is 0 Å². The van der Waals surface area contributed by atoms with Crippen molar-refractivity contribution in [3.05, 3.63) is 47.0 Å². The third-order valence-electron chi connectivity index (χ3n) is 5.74. The molecule has 2 aromatic rings. The van der Waals surface area contributed by atoms with Gasteiger partial charge in [-0.3, -0.25) is 4.90 Å². The van der Waals surface area contributed by atoms with Gasteiger partial charge in [0, 0.05) is 38.3 Å². The van der Waals surface area contributed by atoms with Gasteiger partial charge in [0.1, 0.15) is 11.9 Å². The summed E-state index contributed by atoms with van der Waals surface area (Å²) in [7, 11) is 0. The molecule has 1 aliphatic heterocycles. The number of piperazine rings is 1. The molecule has 0 amide bonds. The number of β-amino-alcohol motifs (C(OH)–C–C–N with tert-alkyl or cyclic N) is 1. The van der Waals surface area contributed by atoms with Gasteiger partial charge in [0.15, 0.2) is 0 Å². The summed E-state index contributed by atoms with van der Waals surface area (Å²) >= 11 is 0. The molecule has 1 fully saturated rings. The molecule has 0 radical (unpaired) electrons. The van der Waals surface area contributed by atoms with E-state index in [0.717, 1.165) is 68.1 Å². The van der Waals surface area contributed by atoms with E-state index in [4.69, 9.17) is 10.1 Å². The number of pyridine rings is 1. The van der Waals surface area contributed by atoms with Gasteiger partial charge >= 0.3 is 0 Å². The number of nitrogens with zero attached hydrogens (tertiary/aromatic N) is 4. The molecule has 0 spiro atoms. The Morgan fingerprint density at radius 2 is 1.70 bits per heavy atom. The highest BCUT2D eigenvalue weighted by Gasteiger charge is 2.27. The highest BCUT2D eigenvalue weighted by molar-refractivity contribution is 5.72. The molecular formula is C22H26N4O. The maximum atomic E-state index is 9.94. The standard InChI is InChI=1S/C22H26N4O/c23-16-20-18-8-4-5-9-19(18)21(17-6-2-1-3-7-17)24-22(20)26-12-10-25(11-13-26)14-15-27/h1-3,6-7,27H,4-5,8-15H2. The minimum absolute atomic E-state index is 0.193. The smallest absolute Gasteiger partial charge is 0.147 e. The van der Waals surface area contributed by atoms with E-state index in [1.165, 1.54) is 17.5 Å². The number of anilines is 1. The Morgan fingerprint density at radius 3 is 2.37 bits per heavy atom. The van der Waals surface area contributed by atoms with Gasteiger partial charge in [-0.1, -0.05) is 30.3 Å². The molecule has 1 saturated heterocycles. The zero-order valence-electron chi connectivity index (χ0n) is 15.7. The van der Waals surface area contributed by atoms with E-state index in [2.05, 4.69) is 40.1 Å². The molecule has 2 heterocycles. The monoisotopic (exact) mass is 362 g/mol. The number of hydrogen-bond donors (Lipinski definition) is 1. The predicted octanol–water partition coefficient (Wildman–Crippen LogP) is 2.61. The second-order valence-electron chi connectivity index (χ2n) is 7.35. The van der Waals surface area contributed by atoms with Gasteiger partial charge < -0.3 is 10.0 Å². The van der Waals surface area contributed by atoms with Crippen LogP contribution >= 0.6 is 0 Å². The van der Waals surface area contributed by atoms with E-state index in [9.17, 15) is 5.26 Å². The second-order valence-corrected chi connectivity index (χ2v) is 7.35. The Kier molecular flexibility index (Phi) is 5.38. The summed E-state index contributed by atoms with van der Waals surface area (Å²) in [5, 5.41) is 19.1. The lowest BCUT2D eigenvalue weighted by Crippen LogP contribution is -2.47. The fourth-order valence-corrected chi connectivity index (χ4v) is 4.31. The topological polar surface area (TPSA) is 63.4 Å². The fourth-order valence-electron chi connectivity index (χ4n) is 4.31. The Hall–Kier alpha value is -2.42. The minimum Gasteiger partial charge on any atom is -0.395 e. The molecular weight excluding hydrogens is 336 g/mol. The number of aliphatic hydroxyl groups excluding tert-OH is 1. The number of nitriles is 1. The fraction of sp³-hybridized carbons (Fsp3) is 0.455. The van der Waals surface area contributed by atoms with Gasteiger partial charge in [0.2, 0.25) is 0 Å². The quantitative estimate of drug-likeness (QED) is 0.906. The van der Waals surface area contributed by atoms with Crippen molar-refractivity contribution >= 4 is 5.82 Å². The van der Waals surface area contributed by atoms with Crippen LogP contribution in [-0.2, 0) is 12.8 Å². The predicted molar refractivity (Wildman–Crippen MR) is 107 cm³/mol. The lowest BCUT2D eigenvalue weighted by molar-refractivity contribution is 0.188. The van der Waals surface area contributed by atoms with Crippen molar-refractivity contribution in [1.82, 2.24) is 9.88 Å². The lowest BCUT2D eigenvalue weighted by Gasteiger charge is -2.36. The van der Waals surface area contributed by atoms with E-state index in [0.29, 0.717) is 6.54 Å². The van der Waals surface area contributed by atoms with Crippen molar-refractivity contribution in [2.45, 2.75) is 25.7 Å². The maximum absolute atomic E-state index is 9.94. The highest BCUT2D eigenvalue weighted by atomic mass is 16.3. The summed E-state index contributed by atoms with van der Waals surface area (Å²) in [5.74, 6) is 0.848. The number of fused-ring (bicyclic) bond motifs is 1. The lowest BCUT2D eigenvalue weighted by atomic mass is 9.86. The normalized spacial score (nSPS) is 17.4. The van der Waals surface area contributed by atoms with Crippen LogP contribution in [0.2, 0.25) is 0 Å². The van der Waals surface area contributed by atoms with Crippen molar-refractivity contribution in [2.75, 3.05) is 44.2 Å². The molecule has 1 aromatic heterocycles. The summed E-state index contributed by atoms with van der Waals surface area (Å²) < 4.78 is 0. The van der Waals surface area contributed by atoms with Gasteiger partial charge in [-0.25, -0.2) is 4.98 Å². The van der Waals surface area contributed by atoms with Gasteiger partial charge in [0.05, 0.1) is 17.9 Å². The van der Waals surface area contributed by atoms with Crippen LogP contribution in [0, 0.1) is 11.3 Å². The number of aromatic nitrogens is 1. The summed E-state index contributed by atoms with van der Waals surface area (Å²) in [6.07, 6.45) is 4.28. The van der Waals surface area contributed by atoms with Crippen LogP contribution in [0.3, 0.4) is 0 Å². The minimum atomic E-state index is 0.193. The van der Waals surface area contributed by atoms with Crippen LogP contribution in [-0.4, -0.2) is 54.3 Å². The van der Waals surface area contributed by atoms with Gasteiger partial charge in [-0.15, -0.1) is 0 Å². The zero-order valence-corrected chi connectivity index (χ0v) is 15.7. The Labute approximate surface area is 160 Å². The van der Waals surface area contributed by atoms with Crippen molar-refractivity contribution < 1.29 is 5.11 Å². The zero-order chi connectivity index (χ0) is 18.6. The van der Waals surface area contributed by atoms with Crippen LogP contribution in [0.25, 0.3) is 11.3 Å². The first-order valence-electron chi connectivity index (χ1n) is 9.91. The number of hydrogen-bond acceptors (Lipinski definition) is 5. The molecule has 5 heteroatoms. The number of aliphatic hydroxyl groups is 1. The molecule has 5 nitrogen and oxygen atoms in total. The van der Waals surface area contributed by atoms with Gasteiger partial charge in [0.25, 0.3) is 0 Å². The number of benzene rings is 1. The average molecular weight is 362 g/mol. The molecule has 27 heavy (non-hydrogen) atoms. The second kappa shape index (κ2) is 8.08. The molecule has 1 N–H and O–H groups in total. The summed E-state index contributed by atoms with van der Waals surface area (Å²) in [6.45, 7) is 4.38. The average Bonchev–Trinajstić information content (AvgIpc) is 2.74. The van der Waals surface area contributed by atoms with Crippen LogP contribution in [0.4, 0.5) is 5.82 Å². The van der Waals surface area contributed by atoms with Gasteiger partial charge in [-0.2, -0.15) is 5.26 Å². The molecule has 4 rings (SSSR count). The maximum Gasteiger partial charge on any atom is 0.147 e. The molecule has 0 unspecified atom stereocenters. The third-order valence-corrected chi connectivity index (χ3v) is 5.74. The summed E-state index contributed by atoms with van der Waals surface area (Å²) in [6, 6.07) is 12.8. The summed E-state index contributed by atoms with van der Waals surface area (Å²) in [5.41, 5.74) is 5.45. The first-order chi connectivity index (χ1) is 13.3. The van der Waals surface area contributed by atoms with Crippen LogP contribution in [0.1, 0.15) is 29.5 Å². The van der Waals surface area contributed by atoms with E-state index >= 15 is 0 Å². The van der Waals surface area contributed by atoms with Crippen molar-refractivity contribution in [2.24, 2.45) is 0 Å². The number of rotatable bonds is 4. The van der Waals surface area contributed by atoms with E-state index in [-0.39, 0.29) is 6.61 Å². The van der Waals surface area contributed by atoms with Gasteiger partial charge in [-0.05, 0) is 36.8 Å². The highest BCUT2D eigenvalue weighted by Crippen LogP contribution is 2.36. The van der Waals surface area contributed by atoms with Crippen molar-refractivity contribution in [3.8, 4) is 17.3 Å². The van der Waals surface area contributed by atoms with E-state index in [1.807, 2.05) is 6.07 Å². The molecule has 1 aromatic carbocycles. The molecule has 0 bridgehead atoms. The van der Waals surface area contributed by atoms with Crippen LogP contribution < -0.4 is 4.90 Å². The largest absolute Gasteiger partial charge is 0.395 e. The Bertz CT molecular complexity index is 836. The van der Waals surface area contributed by atoms with Crippen molar-refractivity contribution in [1.29, 1.82) is 5.26 Å². The van der Waals surface area contributed by atoms with E-state index < -0.39 is 0 Å². The molecule has 140 valence electrons. The summed E-state index contributed by atoms with van der Waals surface area (Å²) in [4.78, 5) is 9.58. The first kappa shape index (κ1) is 18.0. The van der Waals surface area contributed by atoms with Crippen LogP contribution in [0.5, 0.6) is 0 Å². The molecule has 1 aliphatic carbocycles. The first-order valence-corrected chi connectivity index (χ1v) is 9.91. The third kappa shape index (κ3) is 3.55. The molecule has 0 saturated carbocycles. The molecule has 0 atom stereocenters.